The van der Waals surface area contributed by atoms with Crippen LogP contribution >= 0.6 is 0 Å². The zero-order valence-corrected chi connectivity index (χ0v) is 14.4. The lowest BCUT2D eigenvalue weighted by atomic mass is 9.96. The average molecular weight is 340 g/mol. The third-order valence-electron chi connectivity index (χ3n) is 5.13. The lowest BCUT2D eigenvalue weighted by Gasteiger charge is -2.33. The second kappa shape index (κ2) is 7.35. The van der Waals surface area contributed by atoms with E-state index in [1.54, 1.807) is 0 Å². The molecule has 0 radical (unpaired) electrons. The molecule has 1 aromatic heterocycles. The van der Waals surface area contributed by atoms with Gasteiger partial charge in [-0.1, -0.05) is 35.5 Å². The van der Waals surface area contributed by atoms with E-state index in [9.17, 15) is 4.79 Å². The van der Waals surface area contributed by atoms with Crippen LogP contribution in [0.2, 0.25) is 0 Å². The van der Waals surface area contributed by atoms with E-state index in [1.807, 2.05) is 35.2 Å². The molecule has 0 N–H and O–H groups in total. The number of piperidine rings is 1. The van der Waals surface area contributed by atoms with Crippen molar-refractivity contribution in [3.8, 4) is 11.4 Å². The van der Waals surface area contributed by atoms with Crippen molar-refractivity contribution in [2.24, 2.45) is 5.92 Å². The molecule has 3 heterocycles. The number of rotatable bonds is 4. The van der Waals surface area contributed by atoms with Crippen molar-refractivity contribution >= 4 is 5.91 Å². The summed E-state index contributed by atoms with van der Waals surface area (Å²) in [5.41, 5.74) is 0.957. The Morgan fingerprint density at radius 2 is 1.92 bits per heavy atom. The van der Waals surface area contributed by atoms with Crippen LogP contribution in [0.5, 0.6) is 0 Å². The lowest BCUT2D eigenvalue weighted by Crippen LogP contribution is -2.43. The molecule has 2 aromatic rings. The topological polar surface area (TPSA) is 62.5 Å². The molecule has 0 spiro atoms. The summed E-state index contributed by atoms with van der Waals surface area (Å²) < 4.78 is 5.42. The first-order valence-corrected chi connectivity index (χ1v) is 9.19. The number of aromatic nitrogens is 2. The van der Waals surface area contributed by atoms with Gasteiger partial charge in [0.05, 0.1) is 12.5 Å². The van der Waals surface area contributed by atoms with Crippen molar-refractivity contribution in [2.45, 2.75) is 32.2 Å². The second-order valence-electron chi connectivity index (χ2n) is 6.98. The Morgan fingerprint density at radius 3 is 2.72 bits per heavy atom. The molecule has 1 amide bonds. The fourth-order valence-corrected chi connectivity index (χ4v) is 3.81. The van der Waals surface area contributed by atoms with E-state index in [-0.39, 0.29) is 5.92 Å². The molecular formula is C19H24N4O2. The van der Waals surface area contributed by atoms with Crippen LogP contribution in [-0.2, 0) is 11.3 Å². The van der Waals surface area contributed by atoms with Crippen LogP contribution in [0.1, 0.15) is 31.6 Å². The first-order valence-electron chi connectivity index (χ1n) is 9.19. The summed E-state index contributed by atoms with van der Waals surface area (Å²) in [4.78, 5) is 21.4. The molecule has 25 heavy (non-hydrogen) atoms. The highest BCUT2D eigenvalue weighted by molar-refractivity contribution is 5.79. The van der Waals surface area contributed by atoms with Gasteiger partial charge in [-0.3, -0.25) is 9.69 Å². The summed E-state index contributed by atoms with van der Waals surface area (Å²) in [6, 6.07) is 9.84. The first-order chi connectivity index (χ1) is 12.3. The third-order valence-corrected chi connectivity index (χ3v) is 5.13. The van der Waals surface area contributed by atoms with Gasteiger partial charge in [0.1, 0.15) is 0 Å². The quantitative estimate of drug-likeness (QED) is 0.856. The highest BCUT2D eigenvalue weighted by Crippen LogP contribution is 2.23. The molecule has 132 valence electrons. The second-order valence-corrected chi connectivity index (χ2v) is 6.98. The first kappa shape index (κ1) is 16.3. The van der Waals surface area contributed by atoms with Crippen LogP contribution in [0, 0.1) is 5.92 Å². The number of likely N-dealkylation sites (tertiary alicyclic amines) is 2. The van der Waals surface area contributed by atoms with E-state index in [0.717, 1.165) is 57.4 Å². The fourth-order valence-electron chi connectivity index (χ4n) is 3.81. The minimum Gasteiger partial charge on any atom is -0.342 e. The van der Waals surface area contributed by atoms with Crippen LogP contribution in [0.3, 0.4) is 0 Å². The van der Waals surface area contributed by atoms with Gasteiger partial charge in [-0.25, -0.2) is 0 Å². The lowest BCUT2D eigenvalue weighted by molar-refractivity contribution is -0.136. The van der Waals surface area contributed by atoms with Gasteiger partial charge in [-0.05, 0) is 32.2 Å². The molecule has 1 aromatic carbocycles. The van der Waals surface area contributed by atoms with Gasteiger partial charge < -0.3 is 9.42 Å². The maximum atomic E-state index is 12.6. The smallest absolute Gasteiger partial charge is 0.241 e. The van der Waals surface area contributed by atoms with Crippen molar-refractivity contribution in [2.75, 3.05) is 26.2 Å². The van der Waals surface area contributed by atoms with Gasteiger partial charge in [0.15, 0.2) is 0 Å². The zero-order valence-electron chi connectivity index (χ0n) is 14.4. The molecule has 2 aliphatic heterocycles. The van der Waals surface area contributed by atoms with E-state index in [2.05, 4.69) is 15.0 Å². The van der Waals surface area contributed by atoms with Crippen molar-refractivity contribution in [3.63, 3.8) is 0 Å². The average Bonchev–Trinajstić information content (AvgIpc) is 3.34. The van der Waals surface area contributed by atoms with E-state index in [1.165, 1.54) is 0 Å². The van der Waals surface area contributed by atoms with Gasteiger partial charge in [0, 0.05) is 25.2 Å². The Hall–Kier alpha value is -2.21. The fraction of sp³-hybridized carbons (Fsp3) is 0.526. The Kier molecular flexibility index (Phi) is 4.78. The number of hydrogen-bond donors (Lipinski definition) is 0. The summed E-state index contributed by atoms with van der Waals surface area (Å²) in [6.45, 7) is 4.24. The highest BCUT2D eigenvalue weighted by atomic mass is 16.5. The minimum absolute atomic E-state index is 0.114. The predicted octanol–water partition coefficient (Wildman–Crippen LogP) is 2.57. The van der Waals surface area contributed by atoms with Gasteiger partial charge in [-0.2, -0.15) is 4.98 Å². The maximum absolute atomic E-state index is 12.6. The molecule has 0 saturated carbocycles. The predicted molar refractivity (Wildman–Crippen MR) is 93.5 cm³/mol. The van der Waals surface area contributed by atoms with Crippen LogP contribution in [0.25, 0.3) is 11.4 Å². The molecule has 4 rings (SSSR count). The number of carbonyl (C=O) groups excluding carboxylic acids is 1. The van der Waals surface area contributed by atoms with Gasteiger partial charge >= 0.3 is 0 Å². The standard InChI is InChI=1S/C19H24N4O2/c24-19(23-11-4-5-12-23)16-9-6-10-22(13-16)14-17-20-18(21-25-17)15-7-2-1-3-8-15/h1-3,7-8,16H,4-6,9-14H2. The van der Waals surface area contributed by atoms with Crippen LogP contribution < -0.4 is 0 Å². The minimum atomic E-state index is 0.114. The third kappa shape index (κ3) is 3.74. The van der Waals surface area contributed by atoms with Gasteiger partial charge in [-0.15, -0.1) is 0 Å². The van der Waals surface area contributed by atoms with E-state index in [4.69, 9.17) is 4.52 Å². The molecule has 0 aliphatic carbocycles. The van der Waals surface area contributed by atoms with Crippen molar-refractivity contribution < 1.29 is 9.32 Å². The molecule has 1 atom stereocenters. The molecule has 2 fully saturated rings. The molecular weight excluding hydrogens is 316 g/mol. The largest absolute Gasteiger partial charge is 0.342 e. The summed E-state index contributed by atoms with van der Waals surface area (Å²) in [7, 11) is 0. The van der Waals surface area contributed by atoms with E-state index >= 15 is 0 Å². The Morgan fingerprint density at radius 1 is 1.12 bits per heavy atom. The van der Waals surface area contributed by atoms with Crippen molar-refractivity contribution in [1.82, 2.24) is 19.9 Å². The van der Waals surface area contributed by atoms with Crippen molar-refractivity contribution in [1.29, 1.82) is 0 Å². The number of carbonyl (C=O) groups is 1. The van der Waals surface area contributed by atoms with Crippen LogP contribution in [0.15, 0.2) is 34.9 Å². The summed E-state index contributed by atoms with van der Waals surface area (Å²) >= 11 is 0. The van der Waals surface area contributed by atoms with Crippen molar-refractivity contribution in [3.05, 3.63) is 36.2 Å². The SMILES string of the molecule is O=C(C1CCCN(Cc2nc(-c3ccccc3)no2)C1)N1CCCC1. The number of nitrogens with zero attached hydrogens (tertiary/aromatic N) is 4. The summed E-state index contributed by atoms with van der Waals surface area (Å²) in [6.07, 6.45) is 4.33. The van der Waals surface area contributed by atoms with Gasteiger partial charge in [0.25, 0.3) is 0 Å². The molecule has 0 bridgehead atoms. The maximum Gasteiger partial charge on any atom is 0.241 e. The number of hydrogen-bond acceptors (Lipinski definition) is 5. The Labute approximate surface area is 147 Å². The Bertz CT molecular complexity index is 709. The van der Waals surface area contributed by atoms with Crippen LogP contribution in [0.4, 0.5) is 0 Å². The van der Waals surface area contributed by atoms with Gasteiger partial charge in [0.2, 0.25) is 17.6 Å². The van der Waals surface area contributed by atoms with E-state index in [0.29, 0.717) is 24.2 Å². The highest BCUT2D eigenvalue weighted by Gasteiger charge is 2.31. The summed E-state index contributed by atoms with van der Waals surface area (Å²) in [5.74, 6) is 1.69. The zero-order chi connectivity index (χ0) is 17.1. The number of benzene rings is 1. The monoisotopic (exact) mass is 340 g/mol. The normalized spacial score (nSPS) is 21.6. The van der Waals surface area contributed by atoms with Crippen LogP contribution in [-0.4, -0.2) is 52.0 Å². The molecule has 1 unspecified atom stereocenters. The molecule has 6 nitrogen and oxygen atoms in total. The number of amides is 1. The van der Waals surface area contributed by atoms with E-state index < -0.39 is 0 Å². The molecule has 2 saturated heterocycles. The Balaban J connectivity index is 1.37. The molecule has 2 aliphatic rings. The summed E-state index contributed by atoms with van der Waals surface area (Å²) in [5, 5.41) is 4.08. The molecule has 6 heteroatoms.